The maximum atomic E-state index is 13.2. The third-order valence-corrected chi connectivity index (χ3v) is 5.01. The van der Waals surface area contributed by atoms with Gasteiger partial charge in [0.2, 0.25) is 0 Å². The fourth-order valence-electron chi connectivity index (χ4n) is 3.28. The zero-order chi connectivity index (χ0) is 19.3. The normalized spacial score (nSPS) is 18.9. The van der Waals surface area contributed by atoms with Crippen molar-refractivity contribution in [3.05, 3.63) is 69.8 Å². The van der Waals surface area contributed by atoms with E-state index in [1.54, 1.807) is 48.5 Å². The van der Waals surface area contributed by atoms with Crippen LogP contribution in [0.3, 0.4) is 0 Å². The van der Waals surface area contributed by atoms with Gasteiger partial charge in [-0.25, -0.2) is 4.90 Å². The second-order valence-electron chi connectivity index (χ2n) is 6.14. The number of benzene rings is 2. The number of ketones is 1. The molecule has 8 heteroatoms. The highest BCUT2D eigenvalue weighted by Crippen LogP contribution is 2.39. The van der Waals surface area contributed by atoms with Crippen LogP contribution in [0.25, 0.3) is 0 Å². The summed E-state index contributed by atoms with van der Waals surface area (Å²) in [5.74, 6) is -1.41. The molecule has 4 rings (SSSR count). The van der Waals surface area contributed by atoms with Crippen molar-refractivity contribution in [1.82, 2.24) is 5.43 Å². The van der Waals surface area contributed by atoms with Crippen LogP contribution in [0.2, 0.25) is 10.0 Å². The van der Waals surface area contributed by atoms with Crippen LogP contribution in [-0.4, -0.2) is 23.6 Å². The lowest BCUT2D eigenvalue weighted by molar-refractivity contribution is -0.121. The number of carbonyl (C=O) groups excluding carboxylic acids is 3. The molecule has 136 valence electrons. The van der Waals surface area contributed by atoms with E-state index in [9.17, 15) is 14.4 Å². The molecule has 1 fully saturated rings. The number of Topliss-reactive ketones (excluding diaryl/α,β-unsaturated/α-hetero) is 1. The van der Waals surface area contributed by atoms with Crippen LogP contribution in [0.1, 0.15) is 6.92 Å². The Kier molecular flexibility index (Phi) is 4.17. The number of hydrazine groups is 1. The summed E-state index contributed by atoms with van der Waals surface area (Å²) in [7, 11) is 0. The third-order valence-electron chi connectivity index (χ3n) is 4.45. The molecule has 0 radical (unpaired) electrons. The molecule has 2 amide bonds. The lowest BCUT2D eigenvalue weighted by Crippen LogP contribution is -2.46. The van der Waals surface area contributed by atoms with Crippen molar-refractivity contribution >= 4 is 52.2 Å². The van der Waals surface area contributed by atoms with Gasteiger partial charge in [-0.3, -0.25) is 24.8 Å². The maximum Gasteiger partial charge on any atom is 0.266 e. The first kappa shape index (κ1) is 17.6. The Balaban J connectivity index is 1.85. The Morgan fingerprint density at radius 2 is 1.81 bits per heavy atom. The van der Waals surface area contributed by atoms with E-state index in [0.717, 1.165) is 4.90 Å². The third kappa shape index (κ3) is 2.69. The van der Waals surface area contributed by atoms with Gasteiger partial charge in [-0.2, -0.15) is 0 Å². The molecule has 0 saturated carbocycles. The Bertz CT molecular complexity index is 1030. The molecule has 1 atom stereocenters. The van der Waals surface area contributed by atoms with Gasteiger partial charge in [-0.1, -0.05) is 41.4 Å². The predicted octanol–water partition coefficient (Wildman–Crippen LogP) is 3.10. The van der Waals surface area contributed by atoms with E-state index in [1.165, 1.54) is 11.9 Å². The summed E-state index contributed by atoms with van der Waals surface area (Å²) in [5.41, 5.74) is 3.92. The highest BCUT2D eigenvalue weighted by Gasteiger charge is 2.54. The first-order valence-corrected chi connectivity index (χ1v) is 8.85. The summed E-state index contributed by atoms with van der Waals surface area (Å²) >= 11 is 12.2. The van der Waals surface area contributed by atoms with Crippen LogP contribution >= 0.6 is 23.2 Å². The summed E-state index contributed by atoms with van der Waals surface area (Å²) in [6, 6.07) is 12.4. The molecule has 2 aliphatic heterocycles. The van der Waals surface area contributed by atoms with Gasteiger partial charge in [0.15, 0.2) is 11.8 Å². The number of amides is 2. The highest BCUT2D eigenvalue weighted by atomic mass is 35.5. The fourth-order valence-corrected chi connectivity index (χ4v) is 3.69. The monoisotopic (exact) mass is 401 g/mol. The summed E-state index contributed by atoms with van der Waals surface area (Å²) in [5, 5.41) is 2.22. The molecule has 0 unspecified atom stereocenters. The standard InChI is InChI=1S/C19H13Cl2N3O3/c1-10(25)16-15-17(24(22-16)12-6-4-5-11(20)9-12)19(27)23(18(15)26)14-8-3-2-7-13(14)21/h2-9,17,22H,1H3/t17-/m0/s1. The van der Waals surface area contributed by atoms with E-state index in [-0.39, 0.29) is 27.8 Å². The molecule has 1 N–H and O–H groups in total. The number of carbonyl (C=O) groups is 3. The van der Waals surface area contributed by atoms with Crippen molar-refractivity contribution in [2.24, 2.45) is 0 Å². The van der Waals surface area contributed by atoms with E-state index in [2.05, 4.69) is 5.43 Å². The molecule has 0 aromatic heterocycles. The van der Waals surface area contributed by atoms with E-state index >= 15 is 0 Å². The number of rotatable bonds is 3. The number of halogens is 2. The minimum atomic E-state index is -0.980. The predicted molar refractivity (Wildman–Crippen MR) is 103 cm³/mol. The largest absolute Gasteiger partial charge is 0.293 e. The smallest absolute Gasteiger partial charge is 0.266 e. The molecule has 2 aromatic carbocycles. The van der Waals surface area contributed by atoms with E-state index in [1.807, 2.05) is 0 Å². The van der Waals surface area contributed by atoms with Gasteiger partial charge >= 0.3 is 0 Å². The topological polar surface area (TPSA) is 69.7 Å². The number of allylic oxidation sites excluding steroid dienone is 1. The summed E-state index contributed by atoms with van der Waals surface area (Å²) in [6.45, 7) is 1.34. The Labute approximate surface area is 164 Å². The molecule has 2 aromatic rings. The minimum absolute atomic E-state index is 0.0906. The van der Waals surface area contributed by atoms with Crippen LogP contribution in [0.15, 0.2) is 59.8 Å². The zero-order valence-corrected chi connectivity index (χ0v) is 15.6. The Morgan fingerprint density at radius 1 is 1.07 bits per heavy atom. The van der Waals surface area contributed by atoms with Crippen molar-refractivity contribution < 1.29 is 14.4 Å². The maximum absolute atomic E-state index is 13.2. The van der Waals surface area contributed by atoms with Crippen molar-refractivity contribution in [2.75, 3.05) is 9.91 Å². The van der Waals surface area contributed by atoms with Crippen molar-refractivity contribution in [3.8, 4) is 0 Å². The number of imide groups is 1. The molecular formula is C19H13Cl2N3O3. The van der Waals surface area contributed by atoms with Crippen molar-refractivity contribution in [1.29, 1.82) is 0 Å². The summed E-state index contributed by atoms with van der Waals surface area (Å²) in [6.07, 6.45) is 0. The molecule has 2 aliphatic rings. The quantitative estimate of drug-likeness (QED) is 0.800. The average molecular weight is 402 g/mol. The van der Waals surface area contributed by atoms with Gasteiger partial charge in [-0.05, 0) is 30.3 Å². The average Bonchev–Trinajstić information content (AvgIpc) is 3.14. The minimum Gasteiger partial charge on any atom is -0.293 e. The molecule has 2 heterocycles. The van der Waals surface area contributed by atoms with Gasteiger partial charge < -0.3 is 0 Å². The Morgan fingerprint density at radius 3 is 2.48 bits per heavy atom. The first-order chi connectivity index (χ1) is 12.9. The Hall–Kier alpha value is -2.83. The lowest BCUT2D eigenvalue weighted by Gasteiger charge is -2.26. The highest BCUT2D eigenvalue weighted by molar-refractivity contribution is 6.39. The lowest BCUT2D eigenvalue weighted by atomic mass is 10.1. The number of fused-ring (bicyclic) bond motifs is 1. The van der Waals surface area contributed by atoms with Crippen LogP contribution < -0.4 is 15.3 Å². The van der Waals surface area contributed by atoms with Crippen LogP contribution in [-0.2, 0) is 14.4 Å². The zero-order valence-electron chi connectivity index (χ0n) is 14.1. The van der Waals surface area contributed by atoms with Crippen molar-refractivity contribution in [3.63, 3.8) is 0 Å². The fraction of sp³-hybridized carbons (Fsp3) is 0.105. The second kappa shape index (κ2) is 6.40. The van der Waals surface area contributed by atoms with Gasteiger partial charge in [0.25, 0.3) is 11.8 Å². The van der Waals surface area contributed by atoms with Gasteiger partial charge in [0.1, 0.15) is 5.70 Å². The SMILES string of the molecule is CC(=O)C1=C2C(=O)N(c3ccccc3Cl)C(=O)[C@H]2N(c2cccc(Cl)c2)N1. The van der Waals surface area contributed by atoms with E-state index in [0.29, 0.717) is 10.7 Å². The second-order valence-corrected chi connectivity index (χ2v) is 6.98. The van der Waals surface area contributed by atoms with E-state index < -0.39 is 17.9 Å². The van der Waals surface area contributed by atoms with Crippen LogP contribution in [0.5, 0.6) is 0 Å². The van der Waals surface area contributed by atoms with Gasteiger partial charge in [-0.15, -0.1) is 0 Å². The summed E-state index contributed by atoms with van der Waals surface area (Å²) < 4.78 is 0. The van der Waals surface area contributed by atoms with Gasteiger partial charge in [0, 0.05) is 11.9 Å². The number of hydrogen-bond donors (Lipinski definition) is 1. The number of nitrogens with zero attached hydrogens (tertiary/aromatic N) is 2. The van der Waals surface area contributed by atoms with Crippen LogP contribution in [0, 0.1) is 0 Å². The molecule has 0 aliphatic carbocycles. The van der Waals surface area contributed by atoms with Crippen LogP contribution in [0.4, 0.5) is 11.4 Å². The number of nitrogens with one attached hydrogen (secondary N) is 1. The molecule has 0 spiro atoms. The molecule has 6 nitrogen and oxygen atoms in total. The number of anilines is 2. The molecule has 1 saturated heterocycles. The first-order valence-electron chi connectivity index (χ1n) is 8.09. The molecule has 0 bridgehead atoms. The molecule has 27 heavy (non-hydrogen) atoms. The molecular weight excluding hydrogens is 389 g/mol. The summed E-state index contributed by atoms with van der Waals surface area (Å²) in [4.78, 5) is 39.4. The number of para-hydroxylation sites is 1. The number of hydrogen-bond acceptors (Lipinski definition) is 5. The van der Waals surface area contributed by atoms with Crippen molar-refractivity contribution in [2.45, 2.75) is 13.0 Å². The van der Waals surface area contributed by atoms with E-state index in [4.69, 9.17) is 23.2 Å². The van der Waals surface area contributed by atoms with Gasteiger partial charge in [0.05, 0.1) is 22.0 Å².